The summed E-state index contributed by atoms with van der Waals surface area (Å²) in [5.74, 6) is 0. The number of likely N-dealkylation sites (N-methyl/N-ethyl adjacent to an activating group) is 1. The molecule has 2 aromatic carbocycles. The first-order chi connectivity index (χ1) is 15.0. The molecule has 0 amide bonds. The van der Waals surface area contributed by atoms with Crippen LogP contribution in [0, 0.1) is 40.5 Å². The SMILES string of the molecule is C[N+]1(C(c2ccc([N+](=O)[O-])cc2[N+](=O)[O-])c2ccc([N+](=O)[O-])cc2[N+](=O)[O-])C=CC=CC1. The van der Waals surface area contributed by atoms with E-state index in [0.717, 1.165) is 24.3 Å². The zero-order valence-electron chi connectivity index (χ0n) is 16.6. The van der Waals surface area contributed by atoms with Crippen LogP contribution in [0.3, 0.4) is 0 Å². The molecule has 2 aromatic rings. The summed E-state index contributed by atoms with van der Waals surface area (Å²) in [7, 11) is 1.68. The van der Waals surface area contributed by atoms with Gasteiger partial charge in [0.25, 0.3) is 22.7 Å². The fourth-order valence-electron chi connectivity index (χ4n) is 3.74. The second-order valence-corrected chi connectivity index (χ2v) is 7.22. The molecule has 0 bridgehead atoms. The molecule has 0 fully saturated rings. The fraction of sp³-hybridized carbons (Fsp3) is 0.158. The lowest BCUT2D eigenvalue weighted by Crippen LogP contribution is -2.44. The molecule has 0 aromatic heterocycles. The number of nitro benzene ring substituents is 4. The Morgan fingerprint density at radius 2 is 1.22 bits per heavy atom. The normalized spacial score (nSPS) is 17.3. The molecule has 1 unspecified atom stereocenters. The summed E-state index contributed by atoms with van der Waals surface area (Å²) < 4.78 is -0.0756. The number of benzene rings is 2. The molecule has 13 heteroatoms. The number of hydrogen-bond donors (Lipinski definition) is 0. The van der Waals surface area contributed by atoms with E-state index in [-0.39, 0.29) is 15.6 Å². The summed E-state index contributed by atoms with van der Waals surface area (Å²) in [6.45, 7) is 0.295. The van der Waals surface area contributed by atoms with Gasteiger partial charge >= 0.3 is 0 Å². The molecular formula is C19H16N5O8+. The van der Waals surface area contributed by atoms with E-state index in [9.17, 15) is 40.5 Å². The lowest BCUT2D eigenvalue weighted by atomic mass is 9.91. The van der Waals surface area contributed by atoms with Crippen LogP contribution in [0.1, 0.15) is 17.2 Å². The van der Waals surface area contributed by atoms with Crippen molar-refractivity contribution in [2.24, 2.45) is 0 Å². The van der Waals surface area contributed by atoms with E-state index in [1.807, 2.05) is 0 Å². The van der Waals surface area contributed by atoms with Crippen molar-refractivity contribution >= 4 is 22.7 Å². The largest absolute Gasteiger partial charge is 0.286 e. The first kappa shape index (κ1) is 22.2. The van der Waals surface area contributed by atoms with E-state index >= 15 is 0 Å². The third-order valence-corrected chi connectivity index (χ3v) is 5.19. The molecule has 0 saturated carbocycles. The third kappa shape index (κ3) is 4.04. The van der Waals surface area contributed by atoms with Gasteiger partial charge in [0.2, 0.25) is 0 Å². The zero-order chi connectivity index (χ0) is 23.6. The van der Waals surface area contributed by atoms with Crippen LogP contribution in [-0.4, -0.2) is 37.8 Å². The van der Waals surface area contributed by atoms with Gasteiger partial charge in [0.1, 0.15) is 6.54 Å². The Morgan fingerprint density at radius 3 is 1.56 bits per heavy atom. The van der Waals surface area contributed by atoms with Crippen molar-refractivity contribution < 1.29 is 24.2 Å². The summed E-state index contributed by atoms with van der Waals surface area (Å²) in [5, 5.41) is 45.9. The number of allylic oxidation sites excluding steroid dienone is 2. The number of rotatable bonds is 7. The molecule has 1 aliphatic rings. The molecule has 0 radical (unpaired) electrons. The third-order valence-electron chi connectivity index (χ3n) is 5.19. The van der Waals surface area contributed by atoms with Gasteiger partial charge in [-0.3, -0.25) is 44.9 Å². The van der Waals surface area contributed by atoms with Gasteiger partial charge in [0.05, 0.1) is 56.2 Å². The Bertz CT molecular complexity index is 1130. The maximum absolute atomic E-state index is 11.8. The van der Waals surface area contributed by atoms with Gasteiger partial charge in [0, 0.05) is 12.1 Å². The Morgan fingerprint density at radius 1 is 0.750 bits per heavy atom. The Balaban J connectivity index is 2.36. The van der Waals surface area contributed by atoms with Crippen LogP contribution in [0.4, 0.5) is 22.7 Å². The summed E-state index contributed by atoms with van der Waals surface area (Å²) in [6.07, 6.45) is 6.86. The molecule has 1 heterocycles. The number of non-ortho nitro benzene ring substituents is 2. The minimum atomic E-state index is -1.06. The van der Waals surface area contributed by atoms with Gasteiger partial charge in [-0.15, -0.1) is 0 Å². The first-order valence-electron chi connectivity index (χ1n) is 9.10. The average Bonchev–Trinajstić information content (AvgIpc) is 2.74. The van der Waals surface area contributed by atoms with Crippen LogP contribution in [0.2, 0.25) is 0 Å². The van der Waals surface area contributed by atoms with Crippen LogP contribution >= 0.6 is 0 Å². The highest BCUT2D eigenvalue weighted by Gasteiger charge is 2.43. The van der Waals surface area contributed by atoms with Crippen LogP contribution in [0.15, 0.2) is 60.8 Å². The molecule has 1 atom stereocenters. The van der Waals surface area contributed by atoms with Gasteiger partial charge in [-0.2, -0.15) is 0 Å². The maximum Gasteiger partial charge on any atom is 0.285 e. The van der Waals surface area contributed by atoms with Gasteiger partial charge < -0.3 is 0 Å². The minimum Gasteiger partial charge on any atom is -0.286 e. The lowest BCUT2D eigenvalue weighted by Gasteiger charge is -2.38. The minimum absolute atomic E-state index is 0.00000283. The second kappa shape index (κ2) is 8.31. The summed E-state index contributed by atoms with van der Waals surface area (Å²) in [6, 6.07) is 5.11. The first-order valence-corrected chi connectivity index (χ1v) is 9.10. The maximum atomic E-state index is 11.8. The number of nitro groups is 4. The number of hydrogen-bond acceptors (Lipinski definition) is 8. The van der Waals surface area contributed by atoms with Crippen molar-refractivity contribution in [1.29, 1.82) is 0 Å². The molecular weight excluding hydrogens is 426 g/mol. The van der Waals surface area contributed by atoms with Crippen molar-refractivity contribution in [2.45, 2.75) is 6.04 Å². The lowest BCUT2D eigenvalue weighted by molar-refractivity contribution is -0.880. The Hall–Kier alpha value is -4.52. The van der Waals surface area contributed by atoms with E-state index in [1.54, 1.807) is 31.5 Å². The molecule has 0 N–H and O–H groups in total. The van der Waals surface area contributed by atoms with Crippen molar-refractivity contribution in [3.05, 3.63) is 112 Å². The molecule has 3 rings (SSSR count). The summed E-state index contributed by atoms with van der Waals surface area (Å²) >= 11 is 0. The quantitative estimate of drug-likeness (QED) is 0.352. The smallest absolute Gasteiger partial charge is 0.285 e. The van der Waals surface area contributed by atoms with Crippen molar-refractivity contribution in [3.8, 4) is 0 Å². The van der Waals surface area contributed by atoms with Crippen LogP contribution < -0.4 is 0 Å². The fourth-order valence-corrected chi connectivity index (χ4v) is 3.74. The summed E-state index contributed by atoms with van der Waals surface area (Å²) in [4.78, 5) is 42.8. The highest BCUT2D eigenvalue weighted by molar-refractivity contribution is 5.57. The van der Waals surface area contributed by atoms with E-state index in [2.05, 4.69) is 0 Å². The van der Waals surface area contributed by atoms with Crippen molar-refractivity contribution in [3.63, 3.8) is 0 Å². The van der Waals surface area contributed by atoms with E-state index in [4.69, 9.17) is 0 Å². The van der Waals surface area contributed by atoms with E-state index in [1.165, 1.54) is 12.1 Å². The Kier molecular flexibility index (Phi) is 5.76. The van der Waals surface area contributed by atoms with Crippen molar-refractivity contribution in [2.75, 3.05) is 13.6 Å². The van der Waals surface area contributed by atoms with Gasteiger partial charge in [-0.25, -0.2) is 0 Å². The van der Waals surface area contributed by atoms with Crippen LogP contribution in [-0.2, 0) is 0 Å². The predicted molar refractivity (Wildman–Crippen MR) is 111 cm³/mol. The van der Waals surface area contributed by atoms with E-state index < -0.39 is 48.5 Å². The molecule has 0 spiro atoms. The highest BCUT2D eigenvalue weighted by Crippen LogP contribution is 2.44. The average molecular weight is 442 g/mol. The predicted octanol–water partition coefficient (Wildman–Crippen LogP) is 3.94. The summed E-state index contributed by atoms with van der Waals surface area (Å²) in [5.41, 5.74) is -2.18. The molecule has 0 saturated heterocycles. The zero-order valence-corrected chi connectivity index (χ0v) is 16.6. The Labute approximate surface area is 179 Å². The molecule has 32 heavy (non-hydrogen) atoms. The second-order valence-electron chi connectivity index (χ2n) is 7.22. The van der Waals surface area contributed by atoms with Gasteiger partial charge in [0.15, 0.2) is 6.04 Å². The molecule has 1 aliphatic heterocycles. The van der Waals surface area contributed by atoms with Crippen molar-refractivity contribution in [1.82, 2.24) is 0 Å². The van der Waals surface area contributed by atoms with Crippen LogP contribution in [0.5, 0.6) is 0 Å². The van der Waals surface area contributed by atoms with Gasteiger partial charge in [-0.05, 0) is 24.3 Å². The van der Waals surface area contributed by atoms with Gasteiger partial charge in [-0.1, -0.05) is 6.08 Å². The van der Waals surface area contributed by atoms with E-state index in [0.29, 0.717) is 6.54 Å². The number of nitrogens with zero attached hydrogens (tertiary/aromatic N) is 5. The topological polar surface area (TPSA) is 173 Å². The molecule has 0 aliphatic carbocycles. The molecule has 13 nitrogen and oxygen atoms in total. The molecule has 164 valence electrons. The standard InChI is InChI=1S/C19H16N5O8/c1-24(9-3-2-4-10-24)19(15-7-5-13(20(25)26)11-17(15)22(29)30)16-8-6-14(21(27)28)12-18(16)23(31)32/h2-9,11-12,19H,10H2,1H3/q+1. The number of quaternary nitrogens is 1. The highest BCUT2D eigenvalue weighted by atomic mass is 16.6. The monoisotopic (exact) mass is 442 g/mol. The van der Waals surface area contributed by atoms with Crippen LogP contribution in [0.25, 0.3) is 0 Å².